The van der Waals surface area contributed by atoms with E-state index in [1.54, 1.807) is 6.92 Å². The Kier molecular flexibility index (Phi) is 6.18. The van der Waals surface area contributed by atoms with Gasteiger partial charge in [0.25, 0.3) is 0 Å². The highest BCUT2D eigenvalue weighted by Crippen LogP contribution is 2.36. The number of aliphatic hydroxyl groups is 1. The Hall–Kier alpha value is -1.51. The predicted molar refractivity (Wildman–Crippen MR) is 105 cm³/mol. The Bertz CT molecular complexity index is 670. The highest BCUT2D eigenvalue weighted by molar-refractivity contribution is 6.30. The van der Waals surface area contributed by atoms with E-state index in [0.717, 1.165) is 17.9 Å². The van der Waals surface area contributed by atoms with Crippen molar-refractivity contribution in [2.45, 2.75) is 64.6 Å². The van der Waals surface area contributed by atoms with Crippen LogP contribution in [0.5, 0.6) is 5.75 Å². The van der Waals surface area contributed by atoms with Crippen LogP contribution in [0.1, 0.15) is 58.6 Å². The third-order valence-electron chi connectivity index (χ3n) is 4.94. The standard InChI is InChI=1S/C22H29ClO2/c1-16(24)25-20-12-8-18(9-13-20)22(4,5)15-14-21(2,3)17-6-10-19(23)11-7-17/h6-13,16,24H,14-15H2,1-5H3. The zero-order chi connectivity index (χ0) is 18.7. The summed E-state index contributed by atoms with van der Waals surface area (Å²) in [7, 11) is 0. The number of hydrogen-bond donors (Lipinski definition) is 1. The molecule has 2 nitrogen and oxygen atoms in total. The van der Waals surface area contributed by atoms with Crippen LogP contribution >= 0.6 is 11.6 Å². The molecule has 0 spiro atoms. The van der Waals surface area contributed by atoms with E-state index in [1.165, 1.54) is 11.1 Å². The van der Waals surface area contributed by atoms with Crippen LogP contribution in [0.15, 0.2) is 48.5 Å². The molecule has 0 aliphatic carbocycles. The zero-order valence-electron chi connectivity index (χ0n) is 15.8. The summed E-state index contributed by atoms with van der Waals surface area (Å²) in [5, 5.41) is 10.1. The van der Waals surface area contributed by atoms with Gasteiger partial charge in [-0.25, -0.2) is 0 Å². The molecule has 3 heteroatoms. The fourth-order valence-electron chi connectivity index (χ4n) is 3.00. The van der Waals surface area contributed by atoms with Gasteiger partial charge in [0.05, 0.1) is 0 Å². The molecule has 0 radical (unpaired) electrons. The van der Waals surface area contributed by atoms with Gasteiger partial charge >= 0.3 is 0 Å². The molecule has 1 N–H and O–H groups in total. The highest BCUT2D eigenvalue weighted by atomic mass is 35.5. The molecule has 1 atom stereocenters. The summed E-state index contributed by atoms with van der Waals surface area (Å²) in [6, 6.07) is 16.2. The Morgan fingerprint density at radius 3 is 1.64 bits per heavy atom. The Morgan fingerprint density at radius 2 is 1.24 bits per heavy atom. The molecule has 0 aliphatic rings. The van der Waals surface area contributed by atoms with Crippen LogP contribution in [0.25, 0.3) is 0 Å². The van der Waals surface area contributed by atoms with Gasteiger partial charge in [0.15, 0.2) is 6.29 Å². The van der Waals surface area contributed by atoms with E-state index in [1.807, 2.05) is 24.3 Å². The average Bonchev–Trinajstić information content (AvgIpc) is 2.54. The monoisotopic (exact) mass is 360 g/mol. The van der Waals surface area contributed by atoms with Crippen LogP contribution in [-0.4, -0.2) is 11.4 Å². The van der Waals surface area contributed by atoms with Crippen molar-refractivity contribution < 1.29 is 9.84 Å². The van der Waals surface area contributed by atoms with E-state index in [-0.39, 0.29) is 10.8 Å². The molecule has 0 heterocycles. The number of halogens is 1. The molecule has 25 heavy (non-hydrogen) atoms. The minimum atomic E-state index is -0.793. The van der Waals surface area contributed by atoms with Gasteiger partial charge in [-0.2, -0.15) is 0 Å². The first kappa shape index (κ1) is 19.8. The van der Waals surface area contributed by atoms with Crippen LogP contribution in [0.2, 0.25) is 5.02 Å². The minimum Gasteiger partial charge on any atom is -0.465 e. The van der Waals surface area contributed by atoms with Crippen molar-refractivity contribution >= 4 is 11.6 Å². The maximum Gasteiger partial charge on any atom is 0.194 e. The summed E-state index contributed by atoms with van der Waals surface area (Å²) in [4.78, 5) is 0. The second kappa shape index (κ2) is 7.80. The lowest BCUT2D eigenvalue weighted by Crippen LogP contribution is -2.24. The molecule has 2 aromatic carbocycles. The Balaban J connectivity index is 2.06. The van der Waals surface area contributed by atoms with Gasteiger partial charge < -0.3 is 9.84 Å². The lowest BCUT2D eigenvalue weighted by Gasteiger charge is -2.32. The van der Waals surface area contributed by atoms with E-state index in [9.17, 15) is 5.11 Å². The molecule has 0 bridgehead atoms. The summed E-state index contributed by atoms with van der Waals surface area (Å²) < 4.78 is 5.31. The smallest absolute Gasteiger partial charge is 0.194 e. The maximum atomic E-state index is 9.30. The number of rotatable bonds is 7. The molecule has 0 amide bonds. The van der Waals surface area contributed by atoms with Crippen molar-refractivity contribution in [1.29, 1.82) is 0 Å². The molecule has 0 aliphatic heterocycles. The zero-order valence-corrected chi connectivity index (χ0v) is 16.6. The predicted octanol–water partition coefficient (Wildman–Crippen LogP) is 6.09. The second-order valence-electron chi connectivity index (χ2n) is 8.02. The summed E-state index contributed by atoms with van der Waals surface area (Å²) >= 11 is 6.01. The molecule has 1 unspecified atom stereocenters. The van der Waals surface area contributed by atoms with Gasteiger partial charge in [0.1, 0.15) is 5.75 Å². The molecule has 0 saturated heterocycles. The van der Waals surface area contributed by atoms with Gasteiger partial charge in [-0.15, -0.1) is 0 Å². The van der Waals surface area contributed by atoms with Crippen LogP contribution in [-0.2, 0) is 10.8 Å². The van der Waals surface area contributed by atoms with Crippen molar-refractivity contribution in [3.63, 3.8) is 0 Å². The largest absolute Gasteiger partial charge is 0.465 e. The second-order valence-corrected chi connectivity index (χ2v) is 8.45. The van der Waals surface area contributed by atoms with E-state index < -0.39 is 6.29 Å². The van der Waals surface area contributed by atoms with Gasteiger partial charge in [0.2, 0.25) is 0 Å². The van der Waals surface area contributed by atoms with Gasteiger partial charge in [-0.05, 0) is 66.0 Å². The van der Waals surface area contributed by atoms with Crippen molar-refractivity contribution in [3.8, 4) is 5.75 Å². The minimum absolute atomic E-state index is 0.0626. The molecule has 0 aromatic heterocycles. The SMILES string of the molecule is CC(O)Oc1ccc(C(C)(C)CCC(C)(C)c2ccc(Cl)cc2)cc1. The first-order valence-electron chi connectivity index (χ1n) is 8.81. The summed E-state index contributed by atoms with van der Waals surface area (Å²) in [5.41, 5.74) is 2.75. The first-order valence-corrected chi connectivity index (χ1v) is 9.19. The fraction of sp³-hybridized carbons (Fsp3) is 0.455. The van der Waals surface area contributed by atoms with Crippen LogP contribution in [0.4, 0.5) is 0 Å². The number of ether oxygens (including phenoxy) is 1. The lowest BCUT2D eigenvalue weighted by atomic mass is 9.73. The average molecular weight is 361 g/mol. The third kappa shape index (κ3) is 5.49. The Labute approximate surface area is 156 Å². The normalized spacial score (nSPS) is 13.6. The van der Waals surface area contributed by atoms with Gasteiger partial charge in [-0.1, -0.05) is 63.6 Å². The maximum absolute atomic E-state index is 9.30. The topological polar surface area (TPSA) is 29.5 Å². The van der Waals surface area contributed by atoms with E-state index in [2.05, 4.69) is 52.0 Å². The van der Waals surface area contributed by atoms with Gasteiger partial charge in [0, 0.05) is 5.02 Å². The van der Waals surface area contributed by atoms with E-state index in [0.29, 0.717) is 5.75 Å². The molecule has 0 fully saturated rings. The molecule has 2 rings (SSSR count). The third-order valence-corrected chi connectivity index (χ3v) is 5.20. The number of benzene rings is 2. The quantitative estimate of drug-likeness (QED) is 0.605. The molecular formula is C22H29ClO2. The van der Waals surface area contributed by atoms with Crippen LogP contribution in [0, 0.1) is 0 Å². The number of aliphatic hydroxyl groups excluding tert-OH is 1. The molecule has 136 valence electrons. The summed E-state index contributed by atoms with van der Waals surface area (Å²) in [5.74, 6) is 0.691. The van der Waals surface area contributed by atoms with Crippen molar-refractivity contribution in [3.05, 3.63) is 64.7 Å². The summed E-state index contributed by atoms with van der Waals surface area (Å²) in [6.07, 6.45) is 1.35. The molecule has 0 saturated carbocycles. The highest BCUT2D eigenvalue weighted by Gasteiger charge is 2.27. The van der Waals surface area contributed by atoms with E-state index in [4.69, 9.17) is 16.3 Å². The Morgan fingerprint density at radius 1 is 0.840 bits per heavy atom. The fourth-order valence-corrected chi connectivity index (χ4v) is 3.12. The lowest BCUT2D eigenvalue weighted by molar-refractivity contribution is -0.000313. The first-order chi connectivity index (χ1) is 11.6. The van der Waals surface area contributed by atoms with Crippen molar-refractivity contribution in [2.24, 2.45) is 0 Å². The van der Waals surface area contributed by atoms with Crippen molar-refractivity contribution in [1.82, 2.24) is 0 Å². The van der Waals surface area contributed by atoms with Crippen LogP contribution in [0.3, 0.4) is 0 Å². The molecule has 2 aromatic rings. The summed E-state index contributed by atoms with van der Waals surface area (Å²) in [6.45, 7) is 10.7. The van der Waals surface area contributed by atoms with Crippen molar-refractivity contribution in [2.75, 3.05) is 0 Å². The number of hydrogen-bond acceptors (Lipinski definition) is 2. The van der Waals surface area contributed by atoms with Crippen LogP contribution < -0.4 is 4.74 Å². The van der Waals surface area contributed by atoms with E-state index >= 15 is 0 Å². The molecular weight excluding hydrogens is 332 g/mol. The van der Waals surface area contributed by atoms with Gasteiger partial charge in [-0.3, -0.25) is 0 Å².